The molecule has 0 heterocycles. The summed E-state index contributed by atoms with van der Waals surface area (Å²) in [5.41, 5.74) is 1.17. The van der Waals surface area contributed by atoms with Crippen molar-refractivity contribution < 1.29 is 0 Å². The SMILES string of the molecule is C=C.C=C.C=C.C=Cc1ccccc1. The third kappa shape index (κ3) is 12.8. The van der Waals surface area contributed by atoms with Crippen molar-refractivity contribution in [1.29, 1.82) is 0 Å². The van der Waals surface area contributed by atoms with Crippen LogP contribution in [-0.2, 0) is 0 Å². The second-order valence-electron chi connectivity index (χ2n) is 1.61. The Morgan fingerprint density at radius 3 is 1.29 bits per heavy atom. The summed E-state index contributed by atoms with van der Waals surface area (Å²) in [6.45, 7) is 21.6. The van der Waals surface area contributed by atoms with Gasteiger partial charge >= 0.3 is 0 Å². The molecule has 0 nitrogen and oxygen atoms in total. The van der Waals surface area contributed by atoms with Gasteiger partial charge in [-0.2, -0.15) is 0 Å². The summed E-state index contributed by atoms with van der Waals surface area (Å²) in [4.78, 5) is 0. The minimum Gasteiger partial charge on any atom is -0.106 e. The van der Waals surface area contributed by atoms with Gasteiger partial charge in [-0.05, 0) is 5.56 Å². The third-order valence-corrected chi connectivity index (χ3v) is 1.04. The Kier molecular flexibility index (Phi) is 29.0. The van der Waals surface area contributed by atoms with Gasteiger partial charge in [-0.15, -0.1) is 39.5 Å². The Morgan fingerprint density at radius 1 is 0.714 bits per heavy atom. The molecule has 0 unspecified atom stereocenters. The molecule has 14 heavy (non-hydrogen) atoms. The maximum Gasteiger partial charge on any atom is -0.0263 e. The quantitative estimate of drug-likeness (QED) is 0.558. The van der Waals surface area contributed by atoms with Crippen LogP contribution in [0.25, 0.3) is 6.08 Å². The maximum absolute atomic E-state index is 3.63. The topological polar surface area (TPSA) is 0 Å². The molecule has 0 fully saturated rings. The van der Waals surface area contributed by atoms with E-state index in [2.05, 4.69) is 46.1 Å². The van der Waals surface area contributed by atoms with Crippen LogP contribution >= 0.6 is 0 Å². The molecule has 0 heteroatoms. The van der Waals surface area contributed by atoms with Gasteiger partial charge in [0, 0.05) is 0 Å². The van der Waals surface area contributed by atoms with Crippen LogP contribution in [0, 0.1) is 0 Å². The van der Waals surface area contributed by atoms with Gasteiger partial charge in [0.1, 0.15) is 0 Å². The van der Waals surface area contributed by atoms with Crippen LogP contribution in [0.3, 0.4) is 0 Å². The second kappa shape index (κ2) is 22.5. The molecule has 0 saturated heterocycles. The number of hydrogen-bond acceptors (Lipinski definition) is 0. The second-order valence-corrected chi connectivity index (χ2v) is 1.61. The summed E-state index contributed by atoms with van der Waals surface area (Å²) >= 11 is 0. The molecule has 0 radical (unpaired) electrons. The Morgan fingerprint density at radius 2 is 1.07 bits per heavy atom. The van der Waals surface area contributed by atoms with Crippen molar-refractivity contribution in [1.82, 2.24) is 0 Å². The van der Waals surface area contributed by atoms with Crippen molar-refractivity contribution >= 4 is 6.08 Å². The molecule has 0 spiro atoms. The van der Waals surface area contributed by atoms with Gasteiger partial charge in [-0.3, -0.25) is 0 Å². The van der Waals surface area contributed by atoms with Crippen LogP contribution in [0.2, 0.25) is 0 Å². The summed E-state index contributed by atoms with van der Waals surface area (Å²) < 4.78 is 0. The van der Waals surface area contributed by atoms with Gasteiger partial charge in [0.05, 0.1) is 0 Å². The average molecular weight is 188 g/mol. The molecule has 0 aliphatic rings. The normalized spacial score (nSPS) is 5.71. The lowest BCUT2D eigenvalue weighted by molar-refractivity contribution is 1.67. The van der Waals surface area contributed by atoms with Crippen LogP contribution in [0.4, 0.5) is 0 Å². The monoisotopic (exact) mass is 188 g/mol. The van der Waals surface area contributed by atoms with Gasteiger partial charge in [-0.1, -0.05) is 43.0 Å². The Labute approximate surface area is 88.6 Å². The summed E-state index contributed by atoms with van der Waals surface area (Å²) in [7, 11) is 0. The lowest BCUT2D eigenvalue weighted by Gasteiger charge is -1.85. The highest BCUT2D eigenvalue weighted by molar-refractivity contribution is 5.45. The van der Waals surface area contributed by atoms with Crippen LogP contribution in [0.1, 0.15) is 5.56 Å². The predicted octanol–water partition coefficient (Wildman–Crippen LogP) is 4.74. The summed E-state index contributed by atoms with van der Waals surface area (Å²) in [5, 5.41) is 0. The Bertz CT molecular complexity index is 194. The largest absolute Gasteiger partial charge is 0.106 e. The average Bonchev–Trinajstić information content (AvgIpc) is 2.37. The first-order valence-electron chi connectivity index (χ1n) is 4.11. The van der Waals surface area contributed by atoms with Crippen molar-refractivity contribution in [3.05, 3.63) is 81.9 Å². The zero-order valence-electron chi connectivity index (χ0n) is 8.91. The molecule has 0 saturated carbocycles. The zero-order chi connectivity index (χ0) is 11.8. The summed E-state index contributed by atoms with van der Waals surface area (Å²) in [6, 6.07) is 10.0. The van der Waals surface area contributed by atoms with E-state index < -0.39 is 0 Å². The zero-order valence-corrected chi connectivity index (χ0v) is 8.91. The van der Waals surface area contributed by atoms with E-state index in [-0.39, 0.29) is 0 Å². The molecule has 0 aliphatic carbocycles. The van der Waals surface area contributed by atoms with E-state index in [1.165, 1.54) is 5.56 Å². The van der Waals surface area contributed by atoms with E-state index in [9.17, 15) is 0 Å². The summed E-state index contributed by atoms with van der Waals surface area (Å²) in [6.07, 6.45) is 1.83. The fourth-order valence-corrected chi connectivity index (χ4v) is 0.589. The lowest BCUT2D eigenvalue weighted by Crippen LogP contribution is -1.63. The molecule has 0 bridgehead atoms. The minimum absolute atomic E-state index is 1.17. The van der Waals surface area contributed by atoms with Gasteiger partial charge in [-0.25, -0.2) is 0 Å². The molecule has 1 aromatic carbocycles. The van der Waals surface area contributed by atoms with Crippen LogP contribution in [0.5, 0.6) is 0 Å². The molecular weight excluding hydrogens is 168 g/mol. The number of rotatable bonds is 1. The molecule has 0 atom stereocenters. The summed E-state index contributed by atoms with van der Waals surface area (Å²) in [5.74, 6) is 0. The molecule has 0 aliphatic heterocycles. The van der Waals surface area contributed by atoms with Gasteiger partial charge in [0.25, 0.3) is 0 Å². The lowest BCUT2D eigenvalue weighted by atomic mass is 10.2. The number of hydrogen-bond donors (Lipinski definition) is 0. The fourth-order valence-electron chi connectivity index (χ4n) is 0.589. The van der Waals surface area contributed by atoms with Crippen molar-refractivity contribution in [3.8, 4) is 0 Å². The van der Waals surface area contributed by atoms with Crippen LogP contribution in [0.15, 0.2) is 76.4 Å². The van der Waals surface area contributed by atoms with E-state index in [0.717, 1.165) is 0 Å². The Hall–Kier alpha value is -1.82. The van der Waals surface area contributed by atoms with E-state index in [1.807, 2.05) is 36.4 Å². The van der Waals surface area contributed by atoms with Gasteiger partial charge < -0.3 is 0 Å². The maximum atomic E-state index is 3.63. The highest BCUT2D eigenvalue weighted by Gasteiger charge is 1.75. The smallest absolute Gasteiger partial charge is 0.0263 e. The van der Waals surface area contributed by atoms with E-state index in [0.29, 0.717) is 0 Å². The van der Waals surface area contributed by atoms with Crippen molar-refractivity contribution in [2.75, 3.05) is 0 Å². The molecular formula is C14H20. The molecule has 0 N–H and O–H groups in total. The third-order valence-electron chi connectivity index (χ3n) is 1.04. The molecule has 76 valence electrons. The first-order valence-corrected chi connectivity index (χ1v) is 4.11. The van der Waals surface area contributed by atoms with Crippen LogP contribution in [-0.4, -0.2) is 0 Å². The first kappa shape index (κ1) is 18.1. The number of benzene rings is 1. The van der Waals surface area contributed by atoms with Crippen LogP contribution < -0.4 is 0 Å². The highest BCUT2D eigenvalue weighted by Crippen LogP contribution is 1.97. The van der Waals surface area contributed by atoms with E-state index in [1.54, 1.807) is 0 Å². The van der Waals surface area contributed by atoms with E-state index in [4.69, 9.17) is 0 Å². The molecule has 0 aromatic heterocycles. The van der Waals surface area contributed by atoms with Gasteiger partial charge in [0.2, 0.25) is 0 Å². The molecule has 0 amide bonds. The fraction of sp³-hybridized carbons (Fsp3) is 0. The Balaban J connectivity index is -0.000000174. The predicted molar refractivity (Wildman–Crippen MR) is 70.3 cm³/mol. The van der Waals surface area contributed by atoms with Crippen molar-refractivity contribution in [3.63, 3.8) is 0 Å². The standard InChI is InChI=1S/C8H8.3C2H4/c1-2-8-6-4-3-5-7-8;3*1-2/h2-7H,1H2;3*1-2H2. The van der Waals surface area contributed by atoms with Gasteiger partial charge in [0.15, 0.2) is 0 Å². The first-order chi connectivity index (χ1) is 6.93. The molecule has 1 aromatic rings. The molecule has 1 rings (SSSR count). The van der Waals surface area contributed by atoms with Crippen molar-refractivity contribution in [2.45, 2.75) is 0 Å². The van der Waals surface area contributed by atoms with E-state index >= 15 is 0 Å². The minimum atomic E-state index is 1.17. The van der Waals surface area contributed by atoms with Crippen molar-refractivity contribution in [2.24, 2.45) is 0 Å². The highest BCUT2D eigenvalue weighted by atomic mass is 13.8.